The first-order chi connectivity index (χ1) is 16.3. The average Bonchev–Trinajstić information content (AvgIpc) is 3.34. The molecule has 1 unspecified atom stereocenters. The van der Waals surface area contributed by atoms with E-state index in [0.717, 1.165) is 0 Å². The van der Waals surface area contributed by atoms with Gasteiger partial charge in [-0.25, -0.2) is 4.79 Å². The quantitative estimate of drug-likeness (QED) is 0.446. The van der Waals surface area contributed by atoms with Crippen LogP contribution in [-0.4, -0.2) is 49.4 Å². The van der Waals surface area contributed by atoms with Crippen LogP contribution in [0.15, 0.2) is 47.0 Å². The van der Waals surface area contributed by atoms with Gasteiger partial charge < -0.3 is 28.8 Å². The smallest absolute Gasteiger partial charge is 0.329 e. The van der Waals surface area contributed by atoms with Crippen molar-refractivity contribution in [3.05, 3.63) is 53.9 Å². The van der Waals surface area contributed by atoms with Gasteiger partial charge in [0.25, 0.3) is 11.8 Å². The second-order valence-electron chi connectivity index (χ2n) is 7.65. The van der Waals surface area contributed by atoms with Crippen molar-refractivity contribution in [1.29, 1.82) is 0 Å². The van der Waals surface area contributed by atoms with Crippen LogP contribution in [-0.2, 0) is 16.1 Å². The van der Waals surface area contributed by atoms with Gasteiger partial charge in [0.2, 0.25) is 5.82 Å². The number of esters is 1. The van der Waals surface area contributed by atoms with Crippen LogP contribution in [0.3, 0.4) is 0 Å². The fraction of sp³-hybridized carbons (Fsp3) is 0.333. The molecule has 0 saturated heterocycles. The Hall–Kier alpha value is -4.08. The number of carbonyl (C=O) groups excluding carboxylic acids is 2. The summed E-state index contributed by atoms with van der Waals surface area (Å²) in [7, 11) is 4.54. The van der Waals surface area contributed by atoms with E-state index >= 15 is 0 Å². The highest BCUT2D eigenvalue weighted by Crippen LogP contribution is 2.23. The van der Waals surface area contributed by atoms with E-state index in [1.54, 1.807) is 63.4 Å². The molecule has 0 radical (unpaired) electrons. The van der Waals surface area contributed by atoms with Gasteiger partial charge >= 0.3 is 5.97 Å². The van der Waals surface area contributed by atoms with Crippen molar-refractivity contribution in [2.24, 2.45) is 5.92 Å². The van der Waals surface area contributed by atoms with Crippen LogP contribution >= 0.6 is 0 Å². The summed E-state index contributed by atoms with van der Waals surface area (Å²) in [5.74, 6) is 0.694. The van der Waals surface area contributed by atoms with Crippen molar-refractivity contribution in [3.8, 4) is 28.6 Å². The van der Waals surface area contributed by atoms with Crippen LogP contribution in [0.1, 0.15) is 30.1 Å². The number of benzene rings is 2. The Morgan fingerprint density at radius 3 is 2.26 bits per heavy atom. The van der Waals surface area contributed by atoms with Crippen molar-refractivity contribution in [2.75, 3.05) is 21.3 Å². The highest BCUT2D eigenvalue weighted by molar-refractivity contribution is 5.97. The highest BCUT2D eigenvalue weighted by atomic mass is 16.6. The Morgan fingerprint density at radius 1 is 0.971 bits per heavy atom. The molecule has 3 rings (SSSR count). The molecule has 34 heavy (non-hydrogen) atoms. The zero-order valence-electron chi connectivity index (χ0n) is 19.7. The third-order valence-electron chi connectivity index (χ3n) is 4.95. The van der Waals surface area contributed by atoms with Crippen molar-refractivity contribution in [2.45, 2.75) is 26.5 Å². The molecule has 0 aliphatic rings. The van der Waals surface area contributed by atoms with E-state index in [2.05, 4.69) is 15.5 Å². The molecule has 0 spiro atoms. The molecular weight excluding hydrogens is 442 g/mol. The van der Waals surface area contributed by atoms with E-state index in [0.29, 0.717) is 28.6 Å². The average molecular weight is 469 g/mol. The molecule has 10 nitrogen and oxygen atoms in total. The van der Waals surface area contributed by atoms with Crippen molar-refractivity contribution < 1.29 is 33.1 Å². The minimum atomic E-state index is -0.898. The second kappa shape index (κ2) is 11.2. The number of hydrogen-bond acceptors (Lipinski definition) is 9. The first-order valence-electron chi connectivity index (χ1n) is 10.5. The minimum absolute atomic E-state index is 0.123. The minimum Gasteiger partial charge on any atom is -0.497 e. The standard InChI is InChI=1S/C24H27N3O7/c1-14(2)21(26-23(28)16-10-18(31-4)12-19(11-16)32-5)24(29)33-13-20-25-22(27-34-20)15-7-6-8-17(9-15)30-3/h6-12,14,21H,13H2,1-5H3,(H,26,28). The number of hydrogen-bond donors (Lipinski definition) is 1. The number of amides is 1. The number of rotatable bonds is 10. The summed E-state index contributed by atoms with van der Waals surface area (Å²) in [5.41, 5.74) is 0.983. The first-order valence-corrected chi connectivity index (χ1v) is 10.5. The summed E-state index contributed by atoms with van der Waals surface area (Å²) >= 11 is 0. The van der Waals surface area contributed by atoms with Gasteiger partial charge in [-0.3, -0.25) is 4.79 Å². The molecule has 1 N–H and O–H groups in total. The molecule has 1 heterocycles. The van der Waals surface area contributed by atoms with Crippen LogP contribution < -0.4 is 19.5 Å². The maximum Gasteiger partial charge on any atom is 0.329 e. The lowest BCUT2D eigenvalue weighted by Crippen LogP contribution is -2.45. The number of methoxy groups -OCH3 is 3. The molecule has 2 aromatic carbocycles. The lowest BCUT2D eigenvalue weighted by atomic mass is 10.0. The Kier molecular flexibility index (Phi) is 8.07. The molecule has 0 bridgehead atoms. The number of carbonyl (C=O) groups is 2. The van der Waals surface area contributed by atoms with E-state index < -0.39 is 17.9 Å². The van der Waals surface area contributed by atoms with E-state index in [4.69, 9.17) is 23.5 Å². The van der Waals surface area contributed by atoms with Crippen molar-refractivity contribution in [3.63, 3.8) is 0 Å². The van der Waals surface area contributed by atoms with Gasteiger partial charge in [0.15, 0.2) is 6.61 Å². The number of nitrogens with one attached hydrogen (secondary N) is 1. The molecule has 0 aliphatic carbocycles. The van der Waals surface area contributed by atoms with E-state index in [1.165, 1.54) is 14.2 Å². The summed E-state index contributed by atoms with van der Waals surface area (Å²) < 4.78 is 26.1. The van der Waals surface area contributed by atoms with Crippen LogP contribution in [0.2, 0.25) is 0 Å². The normalized spacial score (nSPS) is 11.6. The summed E-state index contributed by atoms with van der Waals surface area (Å²) in [5, 5.41) is 6.62. The lowest BCUT2D eigenvalue weighted by Gasteiger charge is -2.20. The van der Waals surface area contributed by atoms with Crippen LogP contribution in [0.5, 0.6) is 17.2 Å². The fourth-order valence-corrected chi connectivity index (χ4v) is 3.08. The van der Waals surface area contributed by atoms with Gasteiger partial charge in [-0.1, -0.05) is 31.1 Å². The molecule has 0 saturated carbocycles. The zero-order valence-corrected chi connectivity index (χ0v) is 19.7. The topological polar surface area (TPSA) is 122 Å². The fourth-order valence-electron chi connectivity index (χ4n) is 3.08. The predicted molar refractivity (Wildman–Crippen MR) is 122 cm³/mol. The second-order valence-corrected chi connectivity index (χ2v) is 7.65. The summed E-state index contributed by atoms with van der Waals surface area (Å²) in [6.45, 7) is 3.36. The van der Waals surface area contributed by atoms with Crippen LogP contribution in [0.4, 0.5) is 0 Å². The SMILES string of the molecule is COc1cc(OC)cc(C(=O)NC(C(=O)OCc2nc(-c3cccc(OC)c3)no2)C(C)C)c1. The Balaban J connectivity index is 1.65. The monoisotopic (exact) mass is 469 g/mol. The third kappa shape index (κ3) is 6.03. The largest absolute Gasteiger partial charge is 0.497 e. The molecule has 1 atom stereocenters. The summed E-state index contributed by atoms with van der Waals surface area (Å²) in [6, 6.07) is 11.0. The van der Waals surface area contributed by atoms with E-state index in [1.807, 2.05) is 0 Å². The molecule has 1 amide bonds. The molecular formula is C24H27N3O7. The maximum absolute atomic E-state index is 12.8. The van der Waals surface area contributed by atoms with Crippen molar-refractivity contribution in [1.82, 2.24) is 15.5 Å². The maximum atomic E-state index is 12.8. The van der Waals surface area contributed by atoms with Crippen LogP contribution in [0.25, 0.3) is 11.4 Å². The predicted octanol–water partition coefficient (Wildman–Crippen LogP) is 3.26. The molecule has 180 valence electrons. The number of ether oxygens (including phenoxy) is 4. The first kappa shape index (κ1) is 24.6. The van der Waals surface area contributed by atoms with E-state index in [9.17, 15) is 9.59 Å². The van der Waals surface area contributed by atoms with Crippen molar-refractivity contribution >= 4 is 11.9 Å². The van der Waals surface area contributed by atoms with Gasteiger partial charge in [0.1, 0.15) is 23.3 Å². The number of nitrogens with zero attached hydrogens (tertiary/aromatic N) is 2. The zero-order chi connectivity index (χ0) is 24.7. The molecule has 1 aromatic heterocycles. The van der Waals surface area contributed by atoms with Gasteiger partial charge in [-0.2, -0.15) is 4.98 Å². The Labute approximate surface area is 197 Å². The van der Waals surface area contributed by atoms with Gasteiger partial charge in [0.05, 0.1) is 21.3 Å². The Morgan fingerprint density at radius 2 is 1.65 bits per heavy atom. The Bertz CT molecular complexity index is 1120. The van der Waals surface area contributed by atoms with Gasteiger partial charge in [-0.15, -0.1) is 0 Å². The molecule has 0 aliphatic heterocycles. The third-order valence-corrected chi connectivity index (χ3v) is 4.95. The summed E-state index contributed by atoms with van der Waals surface area (Å²) in [6.07, 6.45) is 0. The molecule has 10 heteroatoms. The van der Waals surface area contributed by atoms with Crippen LogP contribution in [0, 0.1) is 5.92 Å². The van der Waals surface area contributed by atoms with E-state index in [-0.39, 0.29) is 24.0 Å². The number of aromatic nitrogens is 2. The summed E-state index contributed by atoms with van der Waals surface area (Å²) in [4.78, 5) is 29.8. The van der Waals surface area contributed by atoms with Gasteiger partial charge in [0, 0.05) is 17.2 Å². The highest BCUT2D eigenvalue weighted by Gasteiger charge is 2.27. The van der Waals surface area contributed by atoms with Gasteiger partial charge in [-0.05, 0) is 30.2 Å². The lowest BCUT2D eigenvalue weighted by molar-refractivity contribution is -0.149. The molecule has 3 aromatic rings. The molecule has 0 fully saturated rings.